The van der Waals surface area contributed by atoms with E-state index >= 15 is 0 Å². The molecule has 1 aliphatic rings. The van der Waals surface area contributed by atoms with E-state index in [1.165, 1.54) is 0 Å². The molecule has 1 fully saturated rings. The van der Waals surface area contributed by atoms with Gasteiger partial charge in [-0.1, -0.05) is 18.2 Å². The van der Waals surface area contributed by atoms with Crippen molar-refractivity contribution < 1.29 is 9.84 Å². The Labute approximate surface area is 136 Å². The molecule has 23 heavy (non-hydrogen) atoms. The molecule has 0 spiro atoms. The molecular weight excluding hydrogens is 290 g/mol. The number of ether oxygens (including phenoxy) is 1. The number of methoxy groups -OCH3 is 1. The summed E-state index contributed by atoms with van der Waals surface area (Å²) in [4.78, 5) is 6.56. The van der Waals surface area contributed by atoms with Crippen LogP contribution < -0.4 is 15.0 Å². The molecule has 1 aromatic carbocycles. The summed E-state index contributed by atoms with van der Waals surface area (Å²) in [6, 6.07) is 11.7. The maximum Gasteiger partial charge on any atom is 0.145 e. The molecular formula is C18H23N3O2. The fourth-order valence-corrected chi connectivity index (χ4v) is 3.01. The highest BCUT2D eigenvalue weighted by atomic mass is 16.5. The molecule has 1 atom stereocenters. The molecule has 2 N–H and O–H groups in total. The van der Waals surface area contributed by atoms with E-state index in [9.17, 15) is 5.11 Å². The fraction of sp³-hybridized carbons (Fsp3) is 0.389. The van der Waals surface area contributed by atoms with Gasteiger partial charge in [-0.25, -0.2) is 0 Å². The van der Waals surface area contributed by atoms with Crippen LogP contribution >= 0.6 is 0 Å². The summed E-state index contributed by atoms with van der Waals surface area (Å²) in [7, 11) is 1.69. The predicted molar refractivity (Wildman–Crippen MR) is 91.0 cm³/mol. The molecule has 0 radical (unpaired) electrons. The van der Waals surface area contributed by atoms with Gasteiger partial charge in [0.05, 0.1) is 18.5 Å². The third-order valence-corrected chi connectivity index (χ3v) is 4.18. The van der Waals surface area contributed by atoms with E-state index in [0.29, 0.717) is 12.1 Å². The second-order valence-electron chi connectivity index (χ2n) is 5.68. The lowest BCUT2D eigenvalue weighted by molar-refractivity contribution is 0.172. The van der Waals surface area contributed by atoms with E-state index < -0.39 is 6.10 Å². The maximum absolute atomic E-state index is 10.5. The lowest BCUT2D eigenvalue weighted by atomic mass is 10.0. The number of anilines is 1. The number of hydrogen-bond donors (Lipinski definition) is 2. The zero-order valence-electron chi connectivity index (χ0n) is 13.4. The summed E-state index contributed by atoms with van der Waals surface area (Å²) >= 11 is 0. The Balaban J connectivity index is 1.84. The van der Waals surface area contributed by atoms with Crippen molar-refractivity contribution in [3.8, 4) is 5.75 Å². The molecule has 2 aromatic rings. The lowest BCUT2D eigenvalue weighted by Crippen LogP contribution is -2.43. The van der Waals surface area contributed by atoms with Crippen LogP contribution in [0.4, 0.5) is 5.69 Å². The molecule has 1 aromatic heterocycles. The maximum atomic E-state index is 10.5. The third kappa shape index (κ3) is 3.63. The van der Waals surface area contributed by atoms with Gasteiger partial charge in [0.1, 0.15) is 11.9 Å². The van der Waals surface area contributed by atoms with Gasteiger partial charge < -0.3 is 20.1 Å². The normalized spacial score (nSPS) is 16.2. The number of pyridine rings is 1. The molecule has 2 heterocycles. The van der Waals surface area contributed by atoms with Crippen molar-refractivity contribution in [2.45, 2.75) is 12.5 Å². The van der Waals surface area contributed by atoms with Gasteiger partial charge >= 0.3 is 0 Å². The number of hydrogen-bond acceptors (Lipinski definition) is 5. The van der Waals surface area contributed by atoms with Crippen LogP contribution in [0.2, 0.25) is 0 Å². The van der Waals surface area contributed by atoms with E-state index in [0.717, 1.165) is 43.2 Å². The summed E-state index contributed by atoms with van der Waals surface area (Å²) < 4.78 is 5.67. The highest BCUT2D eigenvalue weighted by Gasteiger charge is 2.19. The lowest BCUT2D eigenvalue weighted by Gasteiger charge is -2.31. The fourth-order valence-electron chi connectivity index (χ4n) is 3.01. The number of aliphatic hydroxyl groups is 1. The first kappa shape index (κ1) is 15.8. The second-order valence-corrected chi connectivity index (χ2v) is 5.68. The third-order valence-electron chi connectivity index (χ3n) is 4.18. The monoisotopic (exact) mass is 313 g/mol. The Morgan fingerprint density at radius 1 is 1.22 bits per heavy atom. The van der Waals surface area contributed by atoms with E-state index in [1.54, 1.807) is 13.3 Å². The highest BCUT2D eigenvalue weighted by Crippen LogP contribution is 2.34. The topological polar surface area (TPSA) is 57.6 Å². The van der Waals surface area contributed by atoms with Crippen LogP contribution in [0.1, 0.15) is 17.4 Å². The first-order valence-electron chi connectivity index (χ1n) is 8.00. The van der Waals surface area contributed by atoms with E-state index in [2.05, 4.69) is 21.3 Å². The van der Waals surface area contributed by atoms with Gasteiger partial charge in [-0.3, -0.25) is 4.98 Å². The van der Waals surface area contributed by atoms with Gasteiger partial charge in [-0.15, -0.1) is 0 Å². The second kappa shape index (κ2) is 7.44. The Morgan fingerprint density at radius 3 is 2.74 bits per heavy atom. The number of benzene rings is 1. The van der Waals surface area contributed by atoms with Crippen LogP contribution in [-0.4, -0.2) is 43.4 Å². The Bertz CT molecular complexity index is 627. The van der Waals surface area contributed by atoms with Gasteiger partial charge in [0.25, 0.3) is 0 Å². The Morgan fingerprint density at radius 2 is 2.04 bits per heavy atom. The summed E-state index contributed by atoms with van der Waals surface area (Å²) in [5.74, 6) is 0.851. The minimum absolute atomic E-state index is 0.486. The number of piperazine rings is 1. The van der Waals surface area contributed by atoms with Crippen molar-refractivity contribution in [3.63, 3.8) is 0 Å². The molecule has 3 rings (SSSR count). The van der Waals surface area contributed by atoms with Crippen molar-refractivity contribution in [2.75, 3.05) is 38.2 Å². The van der Waals surface area contributed by atoms with E-state index in [-0.39, 0.29) is 0 Å². The number of aliphatic hydroxyl groups excluding tert-OH is 1. The van der Waals surface area contributed by atoms with Crippen molar-refractivity contribution in [2.24, 2.45) is 0 Å². The molecule has 0 amide bonds. The Kier molecular flexibility index (Phi) is 5.10. The summed E-state index contributed by atoms with van der Waals surface area (Å²) in [5.41, 5.74) is 2.78. The molecule has 122 valence electrons. The largest absolute Gasteiger partial charge is 0.494 e. The van der Waals surface area contributed by atoms with Crippen molar-refractivity contribution in [1.29, 1.82) is 0 Å². The summed E-state index contributed by atoms with van der Waals surface area (Å²) in [6.07, 6.45) is 1.55. The van der Waals surface area contributed by atoms with Crippen LogP contribution in [0, 0.1) is 0 Å². The molecule has 5 heteroatoms. The molecule has 0 saturated carbocycles. The number of aromatic nitrogens is 1. The van der Waals surface area contributed by atoms with Gasteiger partial charge in [-0.2, -0.15) is 0 Å². The van der Waals surface area contributed by atoms with Crippen LogP contribution in [0.25, 0.3) is 0 Å². The number of nitrogens with one attached hydrogen (secondary N) is 1. The smallest absolute Gasteiger partial charge is 0.145 e. The number of para-hydroxylation sites is 1. The van der Waals surface area contributed by atoms with Crippen LogP contribution in [0.3, 0.4) is 0 Å². The van der Waals surface area contributed by atoms with Crippen molar-refractivity contribution in [1.82, 2.24) is 10.3 Å². The zero-order valence-corrected chi connectivity index (χ0v) is 13.4. The first-order valence-corrected chi connectivity index (χ1v) is 8.00. The molecule has 1 saturated heterocycles. The molecule has 1 aliphatic heterocycles. The highest BCUT2D eigenvalue weighted by molar-refractivity contribution is 5.62. The van der Waals surface area contributed by atoms with Crippen LogP contribution in [0.15, 0.2) is 42.6 Å². The minimum Gasteiger partial charge on any atom is -0.494 e. The van der Waals surface area contributed by atoms with E-state index in [1.807, 2.05) is 30.3 Å². The van der Waals surface area contributed by atoms with E-state index in [4.69, 9.17) is 4.74 Å². The van der Waals surface area contributed by atoms with Crippen LogP contribution in [-0.2, 0) is 6.42 Å². The predicted octanol–water partition coefficient (Wildman–Crippen LogP) is 1.78. The van der Waals surface area contributed by atoms with Crippen molar-refractivity contribution in [3.05, 3.63) is 53.9 Å². The quantitative estimate of drug-likeness (QED) is 0.881. The SMILES string of the molecule is COc1c(CC(O)c2ccccn2)cccc1N1CCNCC1. The number of nitrogens with zero attached hydrogens (tertiary/aromatic N) is 2. The molecule has 0 aliphatic carbocycles. The average Bonchev–Trinajstić information content (AvgIpc) is 2.63. The summed E-state index contributed by atoms with van der Waals surface area (Å²) in [5, 5.41) is 13.8. The number of rotatable bonds is 5. The van der Waals surface area contributed by atoms with Crippen LogP contribution in [0.5, 0.6) is 5.75 Å². The Hall–Kier alpha value is -2.11. The van der Waals surface area contributed by atoms with Gasteiger partial charge in [0.15, 0.2) is 0 Å². The standard InChI is InChI=1S/C18H23N3O2/c1-23-18-14(13-17(22)15-6-2-3-8-20-15)5-4-7-16(18)21-11-9-19-10-12-21/h2-8,17,19,22H,9-13H2,1H3. The van der Waals surface area contributed by atoms with Crippen molar-refractivity contribution >= 4 is 5.69 Å². The average molecular weight is 313 g/mol. The molecule has 0 bridgehead atoms. The van der Waals surface area contributed by atoms with Gasteiger partial charge in [-0.05, 0) is 23.8 Å². The zero-order chi connectivity index (χ0) is 16.1. The van der Waals surface area contributed by atoms with Gasteiger partial charge in [0, 0.05) is 38.8 Å². The molecule has 5 nitrogen and oxygen atoms in total. The minimum atomic E-state index is -0.636. The van der Waals surface area contributed by atoms with Gasteiger partial charge in [0.2, 0.25) is 0 Å². The molecule has 1 unspecified atom stereocenters. The first-order chi connectivity index (χ1) is 11.3. The summed E-state index contributed by atoms with van der Waals surface area (Å²) in [6.45, 7) is 3.87.